The number of nitrogens with one attached hydrogen (secondary N) is 1. The first-order chi connectivity index (χ1) is 14.2. The Bertz CT molecular complexity index is 806. The standard InChI is InChI=1S/C25H38N2O3/c1-7-21(28)26-23-24(2,3)18-13-19-22(30-11-10-25(19,23)14-18)16-8-9-20(29-6)17(12-16)15-27(4)5/h8-9,12,18-19,22-23H,7,10-11,13-15H2,1-6H3,(H,26,28)/t18-,19-,22-,23+,25-/m1/s1. The van der Waals surface area contributed by atoms with Crippen LogP contribution in [0.4, 0.5) is 0 Å². The largest absolute Gasteiger partial charge is 0.496 e. The van der Waals surface area contributed by atoms with Crippen LogP contribution in [0.25, 0.3) is 0 Å². The molecule has 166 valence electrons. The van der Waals surface area contributed by atoms with Crippen molar-refractivity contribution in [3.63, 3.8) is 0 Å². The number of hydrogen-bond acceptors (Lipinski definition) is 4. The average molecular weight is 415 g/mol. The molecule has 2 bridgehead atoms. The van der Waals surface area contributed by atoms with Crippen LogP contribution in [-0.4, -0.2) is 44.7 Å². The van der Waals surface area contributed by atoms with E-state index in [1.54, 1.807) is 7.11 Å². The van der Waals surface area contributed by atoms with Gasteiger partial charge in [0, 0.05) is 31.2 Å². The van der Waals surface area contributed by atoms with Crippen molar-refractivity contribution in [1.82, 2.24) is 10.2 Å². The molecule has 3 aliphatic rings. The fraction of sp³-hybridized carbons (Fsp3) is 0.720. The van der Waals surface area contributed by atoms with Crippen molar-refractivity contribution in [2.75, 3.05) is 27.8 Å². The van der Waals surface area contributed by atoms with E-state index in [0.29, 0.717) is 18.3 Å². The van der Waals surface area contributed by atoms with Crippen molar-refractivity contribution >= 4 is 5.91 Å². The van der Waals surface area contributed by atoms with E-state index in [2.05, 4.69) is 56.4 Å². The van der Waals surface area contributed by atoms with E-state index in [-0.39, 0.29) is 28.9 Å². The summed E-state index contributed by atoms with van der Waals surface area (Å²) < 4.78 is 12.0. The van der Waals surface area contributed by atoms with E-state index in [1.165, 1.54) is 24.0 Å². The molecule has 30 heavy (non-hydrogen) atoms. The Morgan fingerprint density at radius 2 is 2.10 bits per heavy atom. The molecule has 1 spiro atoms. The van der Waals surface area contributed by atoms with E-state index in [4.69, 9.17) is 9.47 Å². The van der Waals surface area contributed by atoms with E-state index < -0.39 is 0 Å². The summed E-state index contributed by atoms with van der Waals surface area (Å²) in [5, 5.41) is 3.45. The number of carbonyl (C=O) groups excluding carboxylic acids is 1. The minimum Gasteiger partial charge on any atom is -0.496 e. The summed E-state index contributed by atoms with van der Waals surface area (Å²) in [6.07, 6.45) is 4.08. The Morgan fingerprint density at radius 3 is 2.77 bits per heavy atom. The molecule has 3 fully saturated rings. The lowest BCUT2D eigenvalue weighted by Gasteiger charge is -2.53. The van der Waals surface area contributed by atoms with Gasteiger partial charge in [0.1, 0.15) is 5.75 Å². The normalized spacial score (nSPS) is 34.1. The third kappa shape index (κ3) is 3.34. The monoisotopic (exact) mass is 414 g/mol. The van der Waals surface area contributed by atoms with Gasteiger partial charge in [-0.2, -0.15) is 0 Å². The van der Waals surface area contributed by atoms with Crippen LogP contribution in [0.5, 0.6) is 5.75 Å². The zero-order chi connectivity index (χ0) is 21.7. The number of amides is 1. The molecule has 1 aromatic carbocycles. The third-order valence-electron chi connectivity index (χ3n) is 8.25. The summed E-state index contributed by atoms with van der Waals surface area (Å²) in [7, 11) is 5.90. The molecule has 2 saturated carbocycles. The second kappa shape index (κ2) is 7.83. The van der Waals surface area contributed by atoms with E-state index in [1.807, 2.05) is 6.92 Å². The predicted molar refractivity (Wildman–Crippen MR) is 118 cm³/mol. The van der Waals surface area contributed by atoms with Gasteiger partial charge in [-0.3, -0.25) is 4.79 Å². The summed E-state index contributed by atoms with van der Waals surface area (Å²) >= 11 is 0. The third-order valence-corrected chi connectivity index (χ3v) is 8.25. The molecule has 2 aliphatic carbocycles. The van der Waals surface area contributed by atoms with Gasteiger partial charge in [-0.25, -0.2) is 0 Å². The molecular formula is C25H38N2O3. The molecule has 1 saturated heterocycles. The number of methoxy groups -OCH3 is 1. The minimum absolute atomic E-state index is 0.0905. The summed E-state index contributed by atoms with van der Waals surface area (Å²) in [4.78, 5) is 14.6. The van der Waals surface area contributed by atoms with Crippen molar-refractivity contribution < 1.29 is 14.3 Å². The summed E-state index contributed by atoms with van der Waals surface area (Å²) in [5.41, 5.74) is 2.73. The zero-order valence-electron chi connectivity index (χ0n) is 19.5. The Kier molecular flexibility index (Phi) is 5.65. The first-order valence-electron chi connectivity index (χ1n) is 11.5. The molecule has 1 aromatic rings. The Labute approximate surface area is 181 Å². The van der Waals surface area contributed by atoms with Crippen LogP contribution >= 0.6 is 0 Å². The molecule has 5 nitrogen and oxygen atoms in total. The van der Waals surface area contributed by atoms with Gasteiger partial charge in [-0.1, -0.05) is 26.8 Å². The van der Waals surface area contributed by atoms with Crippen LogP contribution in [0, 0.1) is 22.7 Å². The highest BCUT2D eigenvalue weighted by Crippen LogP contribution is 2.70. The van der Waals surface area contributed by atoms with Crippen LogP contribution in [0.2, 0.25) is 0 Å². The number of ether oxygens (including phenoxy) is 2. The van der Waals surface area contributed by atoms with Crippen molar-refractivity contribution in [2.45, 2.75) is 65.1 Å². The summed E-state index contributed by atoms with van der Waals surface area (Å²) in [5.74, 6) is 2.19. The fourth-order valence-electron chi connectivity index (χ4n) is 6.82. The smallest absolute Gasteiger partial charge is 0.219 e. The summed E-state index contributed by atoms with van der Waals surface area (Å²) in [6, 6.07) is 6.77. The quantitative estimate of drug-likeness (QED) is 0.759. The van der Waals surface area contributed by atoms with Crippen LogP contribution in [0.15, 0.2) is 18.2 Å². The zero-order valence-corrected chi connectivity index (χ0v) is 19.5. The van der Waals surface area contributed by atoms with Gasteiger partial charge in [-0.15, -0.1) is 0 Å². The molecule has 1 heterocycles. The van der Waals surface area contributed by atoms with Crippen molar-refractivity contribution in [2.24, 2.45) is 22.7 Å². The molecule has 0 aromatic heterocycles. The second-order valence-electron chi connectivity index (χ2n) is 10.5. The first-order valence-corrected chi connectivity index (χ1v) is 11.5. The van der Waals surface area contributed by atoms with Gasteiger partial charge in [0.15, 0.2) is 0 Å². The first kappa shape index (κ1) is 21.6. The van der Waals surface area contributed by atoms with Gasteiger partial charge in [0.2, 0.25) is 5.91 Å². The summed E-state index contributed by atoms with van der Waals surface area (Å²) in [6.45, 7) is 8.26. The Morgan fingerprint density at radius 1 is 1.33 bits per heavy atom. The van der Waals surface area contributed by atoms with Crippen LogP contribution in [-0.2, 0) is 16.1 Å². The maximum Gasteiger partial charge on any atom is 0.219 e. The van der Waals surface area contributed by atoms with E-state index >= 15 is 0 Å². The minimum atomic E-state index is 0.0905. The Hall–Kier alpha value is -1.59. The van der Waals surface area contributed by atoms with Crippen LogP contribution < -0.4 is 10.1 Å². The number of fused-ring (bicyclic) bond motifs is 1. The number of carbonyl (C=O) groups is 1. The van der Waals surface area contributed by atoms with Gasteiger partial charge in [-0.05, 0) is 73.7 Å². The molecule has 4 rings (SSSR count). The Balaban J connectivity index is 1.68. The number of rotatable bonds is 6. The van der Waals surface area contributed by atoms with Gasteiger partial charge in [0.05, 0.1) is 13.2 Å². The van der Waals surface area contributed by atoms with Gasteiger partial charge in [0.25, 0.3) is 0 Å². The molecule has 1 N–H and O–H groups in total. The van der Waals surface area contributed by atoms with Crippen LogP contribution in [0.1, 0.15) is 63.7 Å². The molecule has 1 aliphatic heterocycles. The maximum atomic E-state index is 12.4. The molecule has 5 heteroatoms. The topological polar surface area (TPSA) is 50.8 Å². The fourth-order valence-corrected chi connectivity index (χ4v) is 6.82. The lowest BCUT2D eigenvalue weighted by atomic mass is 9.58. The lowest BCUT2D eigenvalue weighted by molar-refractivity contribution is -0.137. The molecule has 1 amide bonds. The highest BCUT2D eigenvalue weighted by molar-refractivity contribution is 5.76. The molecule has 0 unspecified atom stereocenters. The molecular weight excluding hydrogens is 376 g/mol. The average Bonchev–Trinajstić information content (AvgIpc) is 3.19. The van der Waals surface area contributed by atoms with Crippen LogP contribution in [0.3, 0.4) is 0 Å². The maximum absolute atomic E-state index is 12.4. The SMILES string of the molecule is CCC(=O)N[C@H]1C(C)(C)[C@@H]2C[C@@H]3[C@@H](c4ccc(OC)c(CN(C)C)c4)OCC[C@@]31C2. The van der Waals surface area contributed by atoms with Crippen molar-refractivity contribution in [3.05, 3.63) is 29.3 Å². The molecule has 0 radical (unpaired) electrons. The van der Waals surface area contributed by atoms with Gasteiger partial charge >= 0.3 is 0 Å². The number of nitrogens with zero attached hydrogens (tertiary/aromatic N) is 1. The van der Waals surface area contributed by atoms with Gasteiger partial charge < -0.3 is 19.7 Å². The lowest BCUT2D eigenvalue weighted by Crippen LogP contribution is -2.58. The van der Waals surface area contributed by atoms with Crippen molar-refractivity contribution in [3.8, 4) is 5.75 Å². The van der Waals surface area contributed by atoms with E-state index in [0.717, 1.165) is 25.3 Å². The van der Waals surface area contributed by atoms with E-state index in [9.17, 15) is 4.79 Å². The molecule has 5 atom stereocenters. The van der Waals surface area contributed by atoms with Crippen molar-refractivity contribution in [1.29, 1.82) is 0 Å². The number of hydrogen-bond donors (Lipinski definition) is 1. The highest BCUT2D eigenvalue weighted by Gasteiger charge is 2.68. The predicted octanol–water partition coefficient (Wildman–Crippen LogP) is 4.17. The second-order valence-corrected chi connectivity index (χ2v) is 10.5. The highest BCUT2D eigenvalue weighted by atomic mass is 16.5. The number of benzene rings is 1.